The van der Waals surface area contributed by atoms with E-state index in [1.807, 2.05) is 17.5 Å². The molecule has 0 aliphatic heterocycles. The number of methoxy groups -OCH3 is 2. The SMILES string of the molecule is COc1cc(C(=O)/C=C/c2cccs2)cc(ON)c1OC. The number of carbonyl (C=O) groups is 1. The van der Waals surface area contributed by atoms with Crippen LogP contribution < -0.4 is 20.2 Å². The molecule has 6 heteroatoms. The Morgan fingerprint density at radius 3 is 2.57 bits per heavy atom. The van der Waals surface area contributed by atoms with Crippen LogP contribution in [-0.4, -0.2) is 20.0 Å². The van der Waals surface area contributed by atoms with Crippen LogP contribution in [0.2, 0.25) is 0 Å². The minimum atomic E-state index is -0.178. The fraction of sp³-hybridized carbons (Fsp3) is 0.133. The molecule has 0 radical (unpaired) electrons. The highest BCUT2D eigenvalue weighted by Gasteiger charge is 2.16. The Morgan fingerprint density at radius 1 is 1.24 bits per heavy atom. The van der Waals surface area contributed by atoms with E-state index < -0.39 is 0 Å². The summed E-state index contributed by atoms with van der Waals surface area (Å²) in [6.07, 6.45) is 3.25. The van der Waals surface area contributed by atoms with E-state index in [0.717, 1.165) is 4.88 Å². The number of hydrogen-bond acceptors (Lipinski definition) is 6. The monoisotopic (exact) mass is 305 g/mol. The topological polar surface area (TPSA) is 70.8 Å². The molecule has 110 valence electrons. The molecule has 21 heavy (non-hydrogen) atoms. The van der Waals surface area contributed by atoms with Crippen LogP contribution >= 0.6 is 11.3 Å². The fourth-order valence-electron chi connectivity index (χ4n) is 1.80. The summed E-state index contributed by atoms with van der Waals surface area (Å²) in [5.41, 5.74) is 0.404. The van der Waals surface area contributed by atoms with Gasteiger partial charge in [-0.05, 0) is 35.7 Å². The van der Waals surface area contributed by atoms with Crippen LogP contribution in [0.3, 0.4) is 0 Å². The second kappa shape index (κ2) is 6.92. The van der Waals surface area contributed by atoms with Crippen molar-refractivity contribution < 1.29 is 19.1 Å². The van der Waals surface area contributed by atoms with Crippen molar-refractivity contribution in [2.45, 2.75) is 0 Å². The van der Waals surface area contributed by atoms with Crippen molar-refractivity contribution in [1.29, 1.82) is 0 Å². The van der Waals surface area contributed by atoms with Crippen LogP contribution in [0.5, 0.6) is 17.2 Å². The summed E-state index contributed by atoms with van der Waals surface area (Å²) in [6, 6.07) is 6.95. The Balaban J connectivity index is 2.33. The van der Waals surface area contributed by atoms with E-state index in [0.29, 0.717) is 17.1 Å². The molecule has 0 aliphatic carbocycles. The van der Waals surface area contributed by atoms with Crippen LogP contribution in [0.25, 0.3) is 6.08 Å². The fourth-order valence-corrected chi connectivity index (χ4v) is 2.42. The number of nitrogens with two attached hydrogens (primary N) is 1. The molecule has 0 bridgehead atoms. The lowest BCUT2D eigenvalue weighted by molar-refractivity contribution is 0.104. The zero-order valence-electron chi connectivity index (χ0n) is 11.7. The maximum absolute atomic E-state index is 12.2. The number of hydrogen-bond donors (Lipinski definition) is 1. The molecule has 0 aliphatic rings. The van der Waals surface area contributed by atoms with Gasteiger partial charge in [0.05, 0.1) is 14.2 Å². The zero-order valence-corrected chi connectivity index (χ0v) is 12.5. The molecule has 5 nitrogen and oxygen atoms in total. The van der Waals surface area contributed by atoms with E-state index in [1.54, 1.807) is 23.5 Å². The molecule has 0 atom stereocenters. The van der Waals surface area contributed by atoms with Crippen LogP contribution in [-0.2, 0) is 0 Å². The van der Waals surface area contributed by atoms with Crippen molar-refractivity contribution >= 4 is 23.2 Å². The molecule has 1 aromatic carbocycles. The van der Waals surface area contributed by atoms with Gasteiger partial charge in [0.25, 0.3) is 0 Å². The van der Waals surface area contributed by atoms with Crippen molar-refractivity contribution in [2.75, 3.05) is 14.2 Å². The summed E-state index contributed by atoms with van der Waals surface area (Å²) in [4.78, 5) is 17.9. The van der Waals surface area contributed by atoms with Gasteiger partial charge in [-0.2, -0.15) is 5.90 Å². The minimum Gasteiger partial charge on any atom is -0.493 e. The van der Waals surface area contributed by atoms with Gasteiger partial charge in [-0.1, -0.05) is 6.07 Å². The van der Waals surface area contributed by atoms with Gasteiger partial charge in [-0.25, -0.2) is 0 Å². The van der Waals surface area contributed by atoms with Gasteiger partial charge in [0.15, 0.2) is 17.3 Å². The van der Waals surface area contributed by atoms with E-state index >= 15 is 0 Å². The van der Waals surface area contributed by atoms with E-state index in [2.05, 4.69) is 0 Å². The van der Waals surface area contributed by atoms with Crippen LogP contribution in [0.4, 0.5) is 0 Å². The quantitative estimate of drug-likeness (QED) is 0.505. The summed E-state index contributed by atoms with van der Waals surface area (Å²) in [5.74, 6) is 6.00. The maximum Gasteiger partial charge on any atom is 0.205 e. The predicted molar refractivity (Wildman–Crippen MR) is 82.0 cm³/mol. The van der Waals surface area contributed by atoms with Crippen LogP contribution in [0.1, 0.15) is 15.2 Å². The summed E-state index contributed by atoms with van der Waals surface area (Å²) in [6.45, 7) is 0. The van der Waals surface area contributed by atoms with E-state index in [1.165, 1.54) is 26.4 Å². The second-order valence-electron chi connectivity index (χ2n) is 4.04. The zero-order chi connectivity index (χ0) is 15.2. The van der Waals surface area contributed by atoms with E-state index in [4.69, 9.17) is 20.2 Å². The Bertz CT molecular complexity index is 625. The number of rotatable bonds is 6. The summed E-state index contributed by atoms with van der Waals surface area (Å²) in [7, 11) is 2.95. The largest absolute Gasteiger partial charge is 0.493 e. The number of thiophene rings is 1. The van der Waals surface area contributed by atoms with Crippen molar-refractivity contribution in [3.05, 3.63) is 46.2 Å². The molecule has 0 saturated carbocycles. The molecule has 0 amide bonds. The van der Waals surface area contributed by atoms with Crippen LogP contribution in [0, 0.1) is 0 Å². The summed E-state index contributed by atoms with van der Waals surface area (Å²) < 4.78 is 10.3. The van der Waals surface area contributed by atoms with Gasteiger partial charge in [-0.15, -0.1) is 11.3 Å². The Kier molecular flexibility index (Phi) is 4.97. The highest BCUT2D eigenvalue weighted by molar-refractivity contribution is 7.10. The molecular formula is C15H15NO4S. The Morgan fingerprint density at radius 2 is 2.00 bits per heavy atom. The first kappa shape index (κ1) is 15.1. The van der Waals surface area contributed by atoms with Crippen molar-refractivity contribution in [2.24, 2.45) is 5.90 Å². The lowest BCUT2D eigenvalue weighted by atomic mass is 10.1. The molecule has 2 rings (SSSR count). The van der Waals surface area contributed by atoms with Gasteiger partial charge < -0.3 is 14.3 Å². The average Bonchev–Trinajstić information content (AvgIpc) is 3.04. The first-order valence-electron chi connectivity index (χ1n) is 6.08. The third-order valence-electron chi connectivity index (χ3n) is 2.80. The van der Waals surface area contributed by atoms with E-state index in [9.17, 15) is 4.79 Å². The van der Waals surface area contributed by atoms with Gasteiger partial charge in [0, 0.05) is 10.4 Å². The molecule has 0 spiro atoms. The summed E-state index contributed by atoms with van der Waals surface area (Å²) >= 11 is 1.55. The molecule has 1 heterocycles. The lowest BCUT2D eigenvalue weighted by Crippen LogP contribution is -2.06. The molecule has 2 N–H and O–H groups in total. The maximum atomic E-state index is 12.2. The highest BCUT2D eigenvalue weighted by atomic mass is 32.1. The number of allylic oxidation sites excluding steroid dienone is 1. The molecule has 0 saturated heterocycles. The smallest absolute Gasteiger partial charge is 0.205 e. The summed E-state index contributed by atoms with van der Waals surface area (Å²) in [5, 5.41) is 1.95. The molecular weight excluding hydrogens is 290 g/mol. The van der Waals surface area contributed by atoms with Crippen molar-refractivity contribution in [1.82, 2.24) is 0 Å². The van der Waals surface area contributed by atoms with Gasteiger partial charge >= 0.3 is 0 Å². The second-order valence-corrected chi connectivity index (χ2v) is 5.02. The van der Waals surface area contributed by atoms with E-state index in [-0.39, 0.29) is 11.5 Å². The number of benzene rings is 1. The number of ether oxygens (including phenoxy) is 2. The van der Waals surface area contributed by atoms with Crippen molar-refractivity contribution in [3.8, 4) is 17.2 Å². The van der Waals surface area contributed by atoms with Crippen LogP contribution in [0.15, 0.2) is 35.7 Å². The molecule has 2 aromatic rings. The number of carbonyl (C=O) groups excluding carboxylic acids is 1. The van der Waals surface area contributed by atoms with Crippen molar-refractivity contribution in [3.63, 3.8) is 0 Å². The third kappa shape index (κ3) is 3.42. The highest BCUT2D eigenvalue weighted by Crippen LogP contribution is 2.38. The number of ketones is 1. The van der Waals surface area contributed by atoms with Gasteiger partial charge in [-0.3, -0.25) is 4.79 Å². The third-order valence-corrected chi connectivity index (χ3v) is 3.64. The average molecular weight is 305 g/mol. The Labute approximate surface area is 126 Å². The standard InChI is InChI=1S/C15H15NO4S/c1-18-13-8-10(9-14(20-16)15(13)19-2)12(17)6-5-11-4-3-7-21-11/h3-9H,16H2,1-2H3/b6-5+. The molecule has 0 fully saturated rings. The Hall–Kier alpha value is -2.31. The normalized spacial score (nSPS) is 10.6. The molecule has 0 unspecified atom stereocenters. The predicted octanol–water partition coefficient (Wildman–Crippen LogP) is 2.91. The molecule has 1 aromatic heterocycles. The van der Waals surface area contributed by atoms with Gasteiger partial charge in [0.2, 0.25) is 5.75 Å². The first-order valence-corrected chi connectivity index (χ1v) is 6.96. The minimum absolute atomic E-state index is 0.178. The lowest BCUT2D eigenvalue weighted by Gasteiger charge is -2.12. The van der Waals surface area contributed by atoms with Gasteiger partial charge in [0.1, 0.15) is 0 Å². The first-order chi connectivity index (χ1) is 10.2.